The van der Waals surface area contributed by atoms with E-state index >= 15 is 0 Å². The molecular formula is C19H13Cl2N3OS. The summed E-state index contributed by atoms with van der Waals surface area (Å²) in [6.07, 6.45) is 4.83. The van der Waals surface area contributed by atoms with Gasteiger partial charge in [-0.3, -0.25) is 0 Å². The quantitative estimate of drug-likeness (QED) is 0.404. The highest BCUT2D eigenvalue weighted by Crippen LogP contribution is 2.44. The topological polar surface area (TPSA) is 47.9 Å². The molecule has 5 rings (SSSR count). The Morgan fingerprint density at radius 3 is 2.88 bits per heavy atom. The highest BCUT2D eigenvalue weighted by molar-refractivity contribution is 7.18. The molecule has 130 valence electrons. The van der Waals surface area contributed by atoms with Crippen LogP contribution in [0.1, 0.15) is 22.6 Å². The zero-order valence-corrected chi connectivity index (χ0v) is 16.2. The molecule has 0 atom stereocenters. The number of aromatic nitrogens is 3. The third-order valence-corrected chi connectivity index (χ3v) is 6.44. The second-order valence-electron chi connectivity index (χ2n) is 6.34. The Hall–Kier alpha value is -1.95. The molecule has 3 aromatic heterocycles. The summed E-state index contributed by atoms with van der Waals surface area (Å²) in [7, 11) is 0. The first kappa shape index (κ1) is 16.2. The molecule has 4 nitrogen and oxygen atoms in total. The van der Waals surface area contributed by atoms with Crippen molar-refractivity contribution in [3.63, 3.8) is 0 Å². The molecule has 0 bridgehead atoms. The lowest BCUT2D eigenvalue weighted by Crippen LogP contribution is -1.95. The van der Waals surface area contributed by atoms with Crippen LogP contribution in [0.3, 0.4) is 0 Å². The van der Waals surface area contributed by atoms with Gasteiger partial charge in [0.2, 0.25) is 5.88 Å². The van der Waals surface area contributed by atoms with Crippen LogP contribution in [-0.2, 0) is 12.8 Å². The van der Waals surface area contributed by atoms with Crippen LogP contribution >= 0.6 is 34.5 Å². The molecule has 0 aliphatic heterocycles. The fourth-order valence-electron chi connectivity index (χ4n) is 3.46. The van der Waals surface area contributed by atoms with Crippen LogP contribution in [0.5, 0.6) is 11.6 Å². The van der Waals surface area contributed by atoms with Gasteiger partial charge in [-0.1, -0.05) is 23.2 Å². The fourth-order valence-corrected chi connectivity index (χ4v) is 5.24. The number of hydrogen-bond donors (Lipinski definition) is 0. The molecule has 0 radical (unpaired) electrons. The van der Waals surface area contributed by atoms with Crippen LogP contribution in [0.4, 0.5) is 0 Å². The molecule has 26 heavy (non-hydrogen) atoms. The molecule has 0 unspecified atom stereocenters. The van der Waals surface area contributed by atoms with E-state index < -0.39 is 0 Å². The van der Waals surface area contributed by atoms with Crippen molar-refractivity contribution in [1.29, 1.82) is 0 Å². The summed E-state index contributed by atoms with van der Waals surface area (Å²) in [6, 6.07) is 5.54. The number of ether oxygens (including phenoxy) is 1. The number of halogens is 2. The van der Waals surface area contributed by atoms with Crippen LogP contribution in [0.25, 0.3) is 21.1 Å². The second kappa shape index (κ2) is 6.05. The number of aryl methyl sites for hydroxylation is 3. The number of fused-ring (bicyclic) bond motifs is 4. The van der Waals surface area contributed by atoms with E-state index in [4.69, 9.17) is 27.9 Å². The third-order valence-electron chi connectivity index (χ3n) is 4.64. The second-order valence-corrected chi connectivity index (χ2v) is 8.23. The number of hydrogen-bond acceptors (Lipinski definition) is 5. The van der Waals surface area contributed by atoms with Gasteiger partial charge in [0.05, 0.1) is 15.4 Å². The van der Waals surface area contributed by atoms with Crippen LogP contribution in [0.2, 0.25) is 10.0 Å². The van der Waals surface area contributed by atoms with Crippen molar-refractivity contribution < 1.29 is 4.74 Å². The van der Waals surface area contributed by atoms with Crippen molar-refractivity contribution in [3.8, 4) is 11.6 Å². The fraction of sp³-hybridized carbons (Fsp3) is 0.211. The van der Waals surface area contributed by atoms with Crippen LogP contribution in [-0.4, -0.2) is 15.0 Å². The summed E-state index contributed by atoms with van der Waals surface area (Å²) in [6.45, 7) is 1.92. The Labute approximate surface area is 163 Å². The lowest BCUT2D eigenvalue weighted by atomic mass is 10.2. The van der Waals surface area contributed by atoms with Crippen molar-refractivity contribution >= 4 is 55.7 Å². The van der Waals surface area contributed by atoms with E-state index in [1.54, 1.807) is 17.4 Å². The molecule has 3 heterocycles. The standard InChI is InChI=1S/C19H13Cl2N3OS/c1-9-5-6-10-12(20)7-13(21)17(16(10)24-9)25-18-15-11-3-2-4-14(11)26-19(15)23-8-22-18/h5-8H,2-4H2,1H3. The molecule has 7 heteroatoms. The van der Waals surface area contributed by atoms with E-state index in [0.717, 1.165) is 40.6 Å². The zero-order valence-electron chi connectivity index (χ0n) is 13.8. The Balaban J connectivity index is 1.74. The van der Waals surface area contributed by atoms with E-state index in [0.29, 0.717) is 27.2 Å². The van der Waals surface area contributed by atoms with Gasteiger partial charge >= 0.3 is 0 Å². The van der Waals surface area contributed by atoms with Gasteiger partial charge in [0.1, 0.15) is 16.7 Å². The van der Waals surface area contributed by atoms with E-state index in [2.05, 4.69) is 15.0 Å². The molecule has 0 saturated carbocycles. The van der Waals surface area contributed by atoms with Crippen molar-refractivity contribution in [2.45, 2.75) is 26.2 Å². The van der Waals surface area contributed by atoms with Gasteiger partial charge in [-0.2, -0.15) is 0 Å². The largest absolute Gasteiger partial charge is 0.434 e. The van der Waals surface area contributed by atoms with E-state index in [9.17, 15) is 0 Å². The number of thiophene rings is 1. The minimum absolute atomic E-state index is 0.416. The monoisotopic (exact) mass is 401 g/mol. The van der Waals surface area contributed by atoms with Crippen LogP contribution in [0, 0.1) is 6.92 Å². The molecular weight excluding hydrogens is 389 g/mol. The number of rotatable bonds is 2. The minimum Gasteiger partial charge on any atom is -0.434 e. The summed E-state index contributed by atoms with van der Waals surface area (Å²) in [5.41, 5.74) is 2.81. The predicted octanol–water partition coefficient (Wildman–Crippen LogP) is 6.14. The average molecular weight is 402 g/mol. The maximum atomic E-state index is 6.46. The molecule has 1 aliphatic rings. The molecule has 0 N–H and O–H groups in total. The molecule has 0 saturated heterocycles. The molecule has 1 aromatic carbocycles. The lowest BCUT2D eigenvalue weighted by Gasteiger charge is -2.12. The van der Waals surface area contributed by atoms with Crippen molar-refractivity contribution in [2.75, 3.05) is 0 Å². The van der Waals surface area contributed by atoms with E-state index in [1.807, 2.05) is 19.1 Å². The zero-order chi connectivity index (χ0) is 17.8. The summed E-state index contributed by atoms with van der Waals surface area (Å²) >= 11 is 14.5. The van der Waals surface area contributed by atoms with E-state index in [1.165, 1.54) is 16.8 Å². The van der Waals surface area contributed by atoms with Gasteiger partial charge in [0, 0.05) is 16.0 Å². The molecule has 1 aliphatic carbocycles. The van der Waals surface area contributed by atoms with Gasteiger partial charge in [-0.15, -0.1) is 11.3 Å². The van der Waals surface area contributed by atoms with Gasteiger partial charge in [-0.05, 0) is 49.9 Å². The maximum absolute atomic E-state index is 6.46. The number of benzene rings is 1. The van der Waals surface area contributed by atoms with Gasteiger partial charge in [-0.25, -0.2) is 15.0 Å². The highest BCUT2D eigenvalue weighted by Gasteiger charge is 2.23. The minimum atomic E-state index is 0.416. The van der Waals surface area contributed by atoms with Crippen molar-refractivity contribution in [3.05, 3.63) is 50.7 Å². The predicted molar refractivity (Wildman–Crippen MR) is 106 cm³/mol. The first-order valence-corrected chi connectivity index (χ1v) is 9.87. The normalized spacial score (nSPS) is 13.5. The Morgan fingerprint density at radius 1 is 1.12 bits per heavy atom. The Bertz CT molecular complexity index is 1190. The highest BCUT2D eigenvalue weighted by atomic mass is 35.5. The van der Waals surface area contributed by atoms with Crippen molar-refractivity contribution in [1.82, 2.24) is 15.0 Å². The van der Waals surface area contributed by atoms with Gasteiger partial charge in [0.25, 0.3) is 0 Å². The number of pyridine rings is 1. The van der Waals surface area contributed by atoms with Gasteiger partial charge < -0.3 is 4.74 Å². The first-order chi connectivity index (χ1) is 12.6. The van der Waals surface area contributed by atoms with Gasteiger partial charge in [0.15, 0.2) is 5.75 Å². The van der Waals surface area contributed by atoms with Crippen molar-refractivity contribution in [2.24, 2.45) is 0 Å². The third kappa shape index (κ3) is 2.46. The summed E-state index contributed by atoms with van der Waals surface area (Å²) in [5.74, 6) is 1.01. The summed E-state index contributed by atoms with van der Waals surface area (Å²) in [5, 5.41) is 2.77. The van der Waals surface area contributed by atoms with E-state index in [-0.39, 0.29) is 0 Å². The molecule has 4 aromatic rings. The smallest absolute Gasteiger partial charge is 0.231 e. The molecule has 0 spiro atoms. The first-order valence-electron chi connectivity index (χ1n) is 8.30. The molecule has 0 fully saturated rings. The SMILES string of the molecule is Cc1ccc2c(Cl)cc(Cl)c(Oc3ncnc4sc5c(c34)CCC5)c2n1. The molecule has 0 amide bonds. The van der Waals surface area contributed by atoms with Crippen LogP contribution in [0.15, 0.2) is 24.5 Å². The van der Waals surface area contributed by atoms with Crippen LogP contribution < -0.4 is 4.74 Å². The number of nitrogens with zero attached hydrogens (tertiary/aromatic N) is 3. The Morgan fingerprint density at radius 2 is 2.00 bits per heavy atom. The Kier molecular flexibility index (Phi) is 3.78. The maximum Gasteiger partial charge on any atom is 0.231 e. The average Bonchev–Trinajstić information content (AvgIpc) is 3.19. The lowest BCUT2D eigenvalue weighted by molar-refractivity contribution is 0.472. The summed E-state index contributed by atoms with van der Waals surface area (Å²) < 4.78 is 6.23. The summed E-state index contributed by atoms with van der Waals surface area (Å²) in [4.78, 5) is 15.8.